The van der Waals surface area contributed by atoms with Crippen molar-refractivity contribution in [3.05, 3.63) is 22.3 Å². The Labute approximate surface area is 134 Å². The summed E-state index contributed by atoms with van der Waals surface area (Å²) in [5.74, 6) is 0.772. The standard InChI is InChI=1S/C14H19Cl2N3O2/c1-14(2,3)21-13(20)19-6-4-18(5-7-19)12-8-10(15)11(16)9-17-12/h8-9H,4-7H2,1-3H3. The molecule has 0 aliphatic carbocycles. The first-order valence-electron chi connectivity index (χ1n) is 6.80. The van der Waals surface area contributed by atoms with Crippen LogP contribution >= 0.6 is 23.2 Å². The quantitative estimate of drug-likeness (QED) is 0.790. The molecule has 0 bridgehead atoms. The molecular weight excluding hydrogens is 313 g/mol. The summed E-state index contributed by atoms with van der Waals surface area (Å²) in [6, 6.07) is 1.74. The van der Waals surface area contributed by atoms with Crippen molar-refractivity contribution in [2.75, 3.05) is 31.1 Å². The lowest BCUT2D eigenvalue weighted by molar-refractivity contribution is 0.0240. The number of aromatic nitrogens is 1. The summed E-state index contributed by atoms with van der Waals surface area (Å²) in [6.07, 6.45) is 1.27. The van der Waals surface area contributed by atoms with Gasteiger partial charge < -0.3 is 14.5 Å². The van der Waals surface area contributed by atoms with Gasteiger partial charge in [-0.1, -0.05) is 23.2 Å². The Balaban J connectivity index is 1.94. The predicted molar refractivity (Wildman–Crippen MR) is 84.3 cm³/mol. The number of ether oxygens (including phenoxy) is 1. The predicted octanol–water partition coefficient (Wildman–Crippen LogP) is 3.45. The van der Waals surface area contributed by atoms with Crippen molar-refractivity contribution in [2.24, 2.45) is 0 Å². The molecule has 7 heteroatoms. The SMILES string of the molecule is CC(C)(C)OC(=O)N1CCN(c2cc(Cl)c(Cl)cn2)CC1. The van der Waals surface area contributed by atoms with E-state index < -0.39 is 5.60 Å². The van der Waals surface area contributed by atoms with E-state index in [-0.39, 0.29) is 6.09 Å². The van der Waals surface area contributed by atoms with Crippen LogP contribution in [0.3, 0.4) is 0 Å². The molecule has 0 saturated carbocycles. The average molecular weight is 332 g/mol. The Morgan fingerprint density at radius 2 is 1.81 bits per heavy atom. The number of piperazine rings is 1. The minimum Gasteiger partial charge on any atom is -0.444 e. The summed E-state index contributed by atoms with van der Waals surface area (Å²) < 4.78 is 5.37. The Kier molecular flexibility index (Phi) is 4.84. The highest BCUT2D eigenvalue weighted by molar-refractivity contribution is 6.42. The largest absolute Gasteiger partial charge is 0.444 e. The third-order valence-corrected chi connectivity index (χ3v) is 3.76. The molecule has 0 radical (unpaired) electrons. The lowest BCUT2D eigenvalue weighted by atomic mass is 10.2. The Morgan fingerprint density at radius 1 is 1.19 bits per heavy atom. The normalized spacial score (nSPS) is 16.0. The molecule has 21 heavy (non-hydrogen) atoms. The summed E-state index contributed by atoms with van der Waals surface area (Å²) >= 11 is 11.9. The van der Waals surface area contributed by atoms with Crippen LogP contribution in [0.15, 0.2) is 12.3 Å². The van der Waals surface area contributed by atoms with Crippen molar-refractivity contribution in [3.63, 3.8) is 0 Å². The zero-order valence-corrected chi connectivity index (χ0v) is 13.9. The number of pyridine rings is 1. The second kappa shape index (κ2) is 6.28. The van der Waals surface area contributed by atoms with Gasteiger partial charge in [-0.15, -0.1) is 0 Å². The van der Waals surface area contributed by atoms with Gasteiger partial charge in [-0.05, 0) is 20.8 Å². The van der Waals surface area contributed by atoms with Gasteiger partial charge in [0.1, 0.15) is 11.4 Å². The van der Waals surface area contributed by atoms with Crippen LogP contribution in [0.5, 0.6) is 0 Å². The maximum atomic E-state index is 12.0. The molecule has 1 aromatic heterocycles. The van der Waals surface area contributed by atoms with Gasteiger partial charge in [0, 0.05) is 38.4 Å². The molecule has 1 aliphatic rings. The number of halogens is 2. The van der Waals surface area contributed by atoms with E-state index in [2.05, 4.69) is 9.88 Å². The Bertz CT molecular complexity index is 523. The second-order valence-corrected chi connectivity index (χ2v) is 6.73. The Hall–Kier alpha value is -1.20. The first-order valence-corrected chi connectivity index (χ1v) is 7.56. The topological polar surface area (TPSA) is 45.7 Å². The van der Waals surface area contributed by atoms with Gasteiger partial charge in [-0.3, -0.25) is 0 Å². The number of nitrogens with zero attached hydrogens (tertiary/aromatic N) is 3. The molecule has 0 aromatic carbocycles. The maximum absolute atomic E-state index is 12.0. The number of carbonyl (C=O) groups is 1. The number of rotatable bonds is 1. The summed E-state index contributed by atoms with van der Waals surface area (Å²) in [4.78, 5) is 20.0. The third kappa shape index (κ3) is 4.38. The monoisotopic (exact) mass is 331 g/mol. The van der Waals surface area contributed by atoms with E-state index >= 15 is 0 Å². The minimum atomic E-state index is -0.473. The fourth-order valence-electron chi connectivity index (χ4n) is 2.02. The molecule has 116 valence electrons. The van der Waals surface area contributed by atoms with Gasteiger partial charge in [0.15, 0.2) is 0 Å². The van der Waals surface area contributed by atoms with Crippen LogP contribution in [0.25, 0.3) is 0 Å². The summed E-state index contributed by atoms with van der Waals surface area (Å²) in [5, 5.41) is 0.920. The molecular formula is C14H19Cl2N3O2. The molecule has 2 heterocycles. The first-order chi connectivity index (χ1) is 9.76. The zero-order chi connectivity index (χ0) is 15.6. The number of anilines is 1. The van der Waals surface area contributed by atoms with E-state index in [1.165, 1.54) is 0 Å². The molecule has 0 N–H and O–H groups in total. The highest BCUT2D eigenvalue weighted by Crippen LogP contribution is 2.25. The molecule has 0 unspecified atom stereocenters. The molecule has 1 aliphatic heterocycles. The Morgan fingerprint density at radius 3 is 2.33 bits per heavy atom. The van der Waals surface area contributed by atoms with Gasteiger partial charge in [0.2, 0.25) is 0 Å². The number of hydrogen-bond acceptors (Lipinski definition) is 4. The molecule has 0 spiro atoms. The smallest absolute Gasteiger partial charge is 0.410 e. The van der Waals surface area contributed by atoms with E-state index in [9.17, 15) is 4.79 Å². The van der Waals surface area contributed by atoms with Crippen LogP contribution in [0.2, 0.25) is 10.0 Å². The zero-order valence-electron chi connectivity index (χ0n) is 12.4. The van der Waals surface area contributed by atoms with E-state index in [0.717, 1.165) is 5.82 Å². The second-order valence-electron chi connectivity index (χ2n) is 5.91. The van der Waals surface area contributed by atoms with Crippen LogP contribution in [-0.2, 0) is 4.74 Å². The number of hydrogen-bond donors (Lipinski definition) is 0. The molecule has 2 rings (SSSR count). The van der Waals surface area contributed by atoms with Crippen LogP contribution in [0.1, 0.15) is 20.8 Å². The lowest BCUT2D eigenvalue weighted by Crippen LogP contribution is -2.50. The van der Waals surface area contributed by atoms with E-state index in [4.69, 9.17) is 27.9 Å². The highest BCUT2D eigenvalue weighted by Gasteiger charge is 2.26. The molecule has 0 atom stereocenters. The van der Waals surface area contributed by atoms with E-state index in [1.807, 2.05) is 20.8 Å². The summed E-state index contributed by atoms with van der Waals surface area (Å²) in [5.41, 5.74) is -0.473. The van der Waals surface area contributed by atoms with Gasteiger partial charge in [0.05, 0.1) is 10.0 Å². The van der Waals surface area contributed by atoms with Crippen LogP contribution in [-0.4, -0.2) is 47.8 Å². The van der Waals surface area contributed by atoms with Crippen LogP contribution < -0.4 is 4.90 Å². The van der Waals surface area contributed by atoms with Crippen molar-refractivity contribution in [3.8, 4) is 0 Å². The molecule has 5 nitrogen and oxygen atoms in total. The summed E-state index contributed by atoms with van der Waals surface area (Å²) in [7, 11) is 0. The fraction of sp³-hybridized carbons (Fsp3) is 0.571. The lowest BCUT2D eigenvalue weighted by Gasteiger charge is -2.36. The molecule has 1 amide bonds. The number of carbonyl (C=O) groups excluding carboxylic acids is 1. The fourth-order valence-corrected chi connectivity index (χ4v) is 2.27. The highest BCUT2D eigenvalue weighted by atomic mass is 35.5. The minimum absolute atomic E-state index is 0.274. The van der Waals surface area contributed by atoms with Gasteiger partial charge in [-0.25, -0.2) is 9.78 Å². The van der Waals surface area contributed by atoms with E-state index in [0.29, 0.717) is 36.2 Å². The van der Waals surface area contributed by atoms with Crippen molar-refractivity contribution >= 4 is 35.1 Å². The molecule has 1 aromatic rings. The van der Waals surface area contributed by atoms with Gasteiger partial charge >= 0.3 is 6.09 Å². The van der Waals surface area contributed by atoms with Crippen LogP contribution in [0, 0.1) is 0 Å². The van der Waals surface area contributed by atoms with Gasteiger partial charge in [0.25, 0.3) is 0 Å². The van der Waals surface area contributed by atoms with Crippen molar-refractivity contribution in [2.45, 2.75) is 26.4 Å². The number of amides is 1. The maximum Gasteiger partial charge on any atom is 0.410 e. The average Bonchev–Trinajstić information content (AvgIpc) is 2.40. The molecule has 1 saturated heterocycles. The first kappa shape index (κ1) is 16.2. The molecule has 1 fully saturated rings. The third-order valence-electron chi connectivity index (χ3n) is 3.05. The van der Waals surface area contributed by atoms with Crippen molar-refractivity contribution in [1.82, 2.24) is 9.88 Å². The van der Waals surface area contributed by atoms with Crippen molar-refractivity contribution < 1.29 is 9.53 Å². The summed E-state index contributed by atoms with van der Waals surface area (Å²) in [6.45, 7) is 8.14. The van der Waals surface area contributed by atoms with Crippen LogP contribution in [0.4, 0.5) is 10.6 Å². The van der Waals surface area contributed by atoms with Crippen molar-refractivity contribution in [1.29, 1.82) is 0 Å². The van der Waals surface area contributed by atoms with E-state index in [1.54, 1.807) is 17.2 Å². The van der Waals surface area contributed by atoms with Gasteiger partial charge in [-0.2, -0.15) is 0 Å².